The lowest BCUT2D eigenvalue weighted by Gasteiger charge is -2.17. The average molecular weight is 399 g/mol. The monoisotopic (exact) mass is 398 g/mol. The summed E-state index contributed by atoms with van der Waals surface area (Å²) in [6.45, 7) is 12.5. The van der Waals surface area contributed by atoms with Gasteiger partial charge in [0.25, 0.3) is 0 Å². The number of fused-ring (bicyclic) bond motifs is 1. The van der Waals surface area contributed by atoms with E-state index < -0.39 is 0 Å². The maximum absolute atomic E-state index is 11.3. The van der Waals surface area contributed by atoms with E-state index in [1.54, 1.807) is 17.4 Å². The summed E-state index contributed by atoms with van der Waals surface area (Å²) in [6, 6.07) is 7.34. The Balaban J connectivity index is 2.02. The fourth-order valence-electron chi connectivity index (χ4n) is 3.00. The number of amides is 1. The molecule has 3 rings (SSSR count). The second-order valence-corrected chi connectivity index (χ2v) is 7.88. The van der Waals surface area contributed by atoms with Gasteiger partial charge in [-0.25, -0.2) is 4.98 Å². The number of carbonyl (C=O) groups excluding carboxylic acids is 1. The Labute approximate surface area is 169 Å². The Morgan fingerprint density at radius 3 is 2.64 bits per heavy atom. The lowest BCUT2D eigenvalue weighted by atomic mass is 10.2. The molecular weight excluding hydrogens is 372 g/mol. The molecule has 2 aromatic heterocycles. The zero-order valence-corrected chi connectivity index (χ0v) is 17.8. The molecule has 0 atom stereocenters. The molecule has 3 aromatic rings. The number of aromatic nitrogens is 2. The predicted octanol–water partition coefficient (Wildman–Crippen LogP) is 4.90. The number of benzene rings is 1. The molecule has 0 unspecified atom stereocenters. The Bertz CT molecular complexity index is 995. The first-order valence-electron chi connectivity index (χ1n) is 9.45. The van der Waals surface area contributed by atoms with Gasteiger partial charge in [-0.05, 0) is 44.6 Å². The number of thiophene rings is 1. The number of nitrogens with one attached hydrogen (secondary N) is 1. The van der Waals surface area contributed by atoms with Crippen molar-refractivity contribution in [2.75, 3.05) is 18.4 Å². The van der Waals surface area contributed by atoms with E-state index in [4.69, 9.17) is 14.7 Å². The van der Waals surface area contributed by atoms with E-state index in [-0.39, 0.29) is 5.91 Å². The van der Waals surface area contributed by atoms with E-state index >= 15 is 0 Å². The van der Waals surface area contributed by atoms with Gasteiger partial charge in [0.1, 0.15) is 16.4 Å². The van der Waals surface area contributed by atoms with Gasteiger partial charge in [0.05, 0.1) is 11.9 Å². The topological polar surface area (TPSA) is 67.3 Å². The molecule has 0 fully saturated rings. The van der Waals surface area contributed by atoms with Crippen LogP contribution in [0.1, 0.15) is 37.0 Å². The van der Waals surface area contributed by atoms with Crippen molar-refractivity contribution in [3.63, 3.8) is 0 Å². The van der Waals surface area contributed by atoms with Crippen molar-refractivity contribution in [2.24, 2.45) is 0 Å². The molecule has 28 heavy (non-hydrogen) atoms. The molecule has 0 aliphatic carbocycles. The summed E-state index contributed by atoms with van der Waals surface area (Å²) >= 11 is 1.66. The van der Waals surface area contributed by atoms with Crippen molar-refractivity contribution < 1.29 is 9.53 Å². The quantitative estimate of drug-likeness (QED) is 0.613. The Kier molecular flexibility index (Phi) is 6.26. The summed E-state index contributed by atoms with van der Waals surface area (Å²) in [6.07, 6.45) is 0. The highest BCUT2D eigenvalue weighted by molar-refractivity contribution is 7.18. The van der Waals surface area contributed by atoms with Crippen molar-refractivity contribution in [3.05, 3.63) is 40.5 Å². The Morgan fingerprint density at radius 2 is 1.96 bits per heavy atom. The number of hydrogen-bond donors (Lipinski definition) is 1. The van der Waals surface area contributed by atoms with Crippen molar-refractivity contribution in [1.29, 1.82) is 0 Å². The van der Waals surface area contributed by atoms with Gasteiger partial charge >= 0.3 is 0 Å². The predicted molar refractivity (Wildman–Crippen MR) is 114 cm³/mol. The van der Waals surface area contributed by atoms with Gasteiger partial charge in [0, 0.05) is 23.6 Å². The summed E-state index contributed by atoms with van der Waals surface area (Å²) in [7, 11) is 0. The fraction of sp³-hybridized carbons (Fsp3) is 0.381. The number of carbonyl (C=O) groups is 1. The summed E-state index contributed by atoms with van der Waals surface area (Å²) in [5.41, 5.74) is 1.83. The van der Waals surface area contributed by atoms with Crippen LogP contribution in [0.2, 0.25) is 0 Å². The normalized spacial score (nSPS) is 11.2. The van der Waals surface area contributed by atoms with Gasteiger partial charge in [0.2, 0.25) is 11.8 Å². The van der Waals surface area contributed by atoms with Gasteiger partial charge in [-0.2, -0.15) is 4.98 Å². The smallest absolute Gasteiger partial charge is 0.231 e. The van der Waals surface area contributed by atoms with Gasteiger partial charge in [-0.15, -0.1) is 11.3 Å². The first kappa shape index (κ1) is 20.2. The number of anilines is 1. The van der Waals surface area contributed by atoms with Crippen LogP contribution in [0.4, 0.5) is 5.69 Å². The third kappa shape index (κ3) is 4.48. The van der Waals surface area contributed by atoms with Crippen molar-refractivity contribution in [1.82, 2.24) is 14.9 Å². The molecule has 1 amide bonds. The van der Waals surface area contributed by atoms with Crippen LogP contribution >= 0.6 is 11.3 Å². The van der Waals surface area contributed by atoms with Gasteiger partial charge in [-0.1, -0.05) is 19.9 Å². The van der Waals surface area contributed by atoms with E-state index in [9.17, 15) is 4.79 Å². The van der Waals surface area contributed by atoms with Crippen LogP contribution in [0.5, 0.6) is 11.6 Å². The van der Waals surface area contributed by atoms with Crippen LogP contribution in [0.15, 0.2) is 24.3 Å². The number of ether oxygens (including phenoxy) is 1. The molecule has 0 aliphatic heterocycles. The van der Waals surface area contributed by atoms with Crippen LogP contribution < -0.4 is 10.1 Å². The van der Waals surface area contributed by atoms with E-state index in [1.807, 2.05) is 18.2 Å². The van der Waals surface area contributed by atoms with Gasteiger partial charge in [-0.3, -0.25) is 9.69 Å². The molecule has 0 saturated carbocycles. The maximum atomic E-state index is 11.3. The second-order valence-electron chi connectivity index (χ2n) is 6.68. The molecule has 1 aromatic carbocycles. The molecule has 0 spiro atoms. The summed E-state index contributed by atoms with van der Waals surface area (Å²) in [5.74, 6) is 1.83. The molecule has 0 aliphatic rings. The molecular formula is C21H26N4O2S. The minimum absolute atomic E-state index is 0.118. The highest BCUT2D eigenvalue weighted by atomic mass is 32.1. The third-order valence-electron chi connectivity index (χ3n) is 4.67. The first-order valence-corrected chi connectivity index (χ1v) is 10.3. The summed E-state index contributed by atoms with van der Waals surface area (Å²) in [4.78, 5) is 25.3. The van der Waals surface area contributed by atoms with Crippen LogP contribution in [0, 0.1) is 13.8 Å². The lowest BCUT2D eigenvalue weighted by Crippen LogP contribution is -2.23. The molecule has 1 N–H and O–H groups in total. The number of aryl methyl sites for hydroxylation is 2. The van der Waals surface area contributed by atoms with E-state index in [2.05, 4.69) is 37.9 Å². The molecule has 0 bridgehead atoms. The van der Waals surface area contributed by atoms with Gasteiger partial charge in [0.15, 0.2) is 0 Å². The minimum Gasteiger partial charge on any atom is -0.438 e. The number of rotatable bonds is 7. The standard InChI is InChI=1S/C21H26N4O2S/c1-6-25(7-2)12-18-23-20(19-13(3)14(4)28-21(19)24-18)27-17-10-8-9-16(11-17)22-15(5)26/h8-11H,6-7,12H2,1-5H3,(H,22,26). The largest absolute Gasteiger partial charge is 0.438 e. The SMILES string of the molecule is CCN(CC)Cc1nc(Oc2cccc(NC(C)=O)c2)c2c(C)c(C)sc2n1. The zero-order valence-electron chi connectivity index (χ0n) is 17.0. The second kappa shape index (κ2) is 8.67. The lowest BCUT2D eigenvalue weighted by molar-refractivity contribution is -0.114. The highest BCUT2D eigenvalue weighted by Crippen LogP contribution is 2.37. The minimum atomic E-state index is -0.118. The molecule has 0 radical (unpaired) electrons. The number of nitrogens with zero attached hydrogens (tertiary/aromatic N) is 3. The van der Waals surface area contributed by atoms with Crippen LogP contribution in [-0.2, 0) is 11.3 Å². The van der Waals surface area contributed by atoms with Crippen molar-refractivity contribution in [3.8, 4) is 11.6 Å². The maximum Gasteiger partial charge on any atom is 0.231 e. The van der Waals surface area contributed by atoms with Crippen LogP contribution in [0.25, 0.3) is 10.2 Å². The van der Waals surface area contributed by atoms with Crippen molar-refractivity contribution in [2.45, 2.75) is 41.2 Å². The number of hydrogen-bond acceptors (Lipinski definition) is 6. The zero-order chi connectivity index (χ0) is 20.3. The summed E-state index contributed by atoms with van der Waals surface area (Å²) in [5, 5.41) is 3.73. The fourth-order valence-corrected chi connectivity index (χ4v) is 4.04. The molecule has 7 heteroatoms. The molecule has 148 valence electrons. The Hall–Kier alpha value is -2.51. The van der Waals surface area contributed by atoms with E-state index in [0.29, 0.717) is 23.9 Å². The molecule has 0 saturated heterocycles. The van der Waals surface area contributed by atoms with Crippen LogP contribution in [0.3, 0.4) is 0 Å². The third-order valence-corrected chi connectivity index (χ3v) is 5.77. The van der Waals surface area contributed by atoms with Gasteiger partial charge < -0.3 is 10.1 Å². The highest BCUT2D eigenvalue weighted by Gasteiger charge is 2.17. The first-order chi connectivity index (χ1) is 13.4. The van der Waals surface area contributed by atoms with E-state index in [0.717, 1.165) is 34.7 Å². The average Bonchev–Trinajstić information content (AvgIpc) is 2.93. The Morgan fingerprint density at radius 1 is 1.21 bits per heavy atom. The molecule has 6 nitrogen and oxygen atoms in total. The molecule has 2 heterocycles. The summed E-state index contributed by atoms with van der Waals surface area (Å²) < 4.78 is 6.18. The van der Waals surface area contributed by atoms with E-state index in [1.165, 1.54) is 11.8 Å². The van der Waals surface area contributed by atoms with Crippen LogP contribution in [-0.4, -0.2) is 33.9 Å². The van der Waals surface area contributed by atoms with Crippen molar-refractivity contribution >= 4 is 33.1 Å².